The fourth-order valence-corrected chi connectivity index (χ4v) is 4.56. The van der Waals surface area contributed by atoms with Crippen molar-refractivity contribution in [2.24, 2.45) is 0 Å². The van der Waals surface area contributed by atoms with E-state index in [1.54, 1.807) is 50.6 Å². The molecule has 0 aliphatic heterocycles. The van der Waals surface area contributed by atoms with Gasteiger partial charge in [-0.2, -0.15) is 0 Å². The molecule has 1 unspecified atom stereocenters. The fraction of sp³-hybridized carbons (Fsp3) is 0.241. The molecular weight excluding hydrogens is 482 g/mol. The number of rotatable bonds is 6. The Morgan fingerprint density at radius 2 is 1.55 bits per heavy atom. The van der Waals surface area contributed by atoms with E-state index < -0.39 is 17.1 Å². The molecule has 0 spiro atoms. The summed E-state index contributed by atoms with van der Waals surface area (Å²) in [7, 11) is 3.13. The number of nitrogens with one attached hydrogen (secondary N) is 1. The third-order valence-corrected chi connectivity index (χ3v) is 6.25. The van der Waals surface area contributed by atoms with E-state index in [4.69, 9.17) is 9.47 Å². The van der Waals surface area contributed by atoms with E-state index in [0.29, 0.717) is 33.8 Å². The lowest BCUT2D eigenvalue weighted by Gasteiger charge is -2.27. The van der Waals surface area contributed by atoms with E-state index >= 15 is 0 Å². The molecule has 2 heterocycles. The standard InChI is InChI=1S/C29H29N5O4/c1-29(2,3)30-27(35)25(19-11-13-20(37-4)14-12-19)33-23-17-21(38-5)15-16-22(23)34-26(28(33)36)24(31-32-34)18-9-7-6-8-10-18/h6-17,25H,1-5H3,(H,30,35). The number of hydrogen-bond acceptors (Lipinski definition) is 6. The Kier molecular flexibility index (Phi) is 6.36. The second-order valence-corrected chi connectivity index (χ2v) is 10.0. The first-order valence-electron chi connectivity index (χ1n) is 12.2. The third-order valence-electron chi connectivity index (χ3n) is 6.25. The van der Waals surface area contributed by atoms with Crippen LogP contribution < -0.4 is 20.3 Å². The summed E-state index contributed by atoms with van der Waals surface area (Å²) in [6, 6.07) is 20.9. The van der Waals surface area contributed by atoms with Crippen molar-refractivity contribution < 1.29 is 14.3 Å². The zero-order chi connectivity index (χ0) is 27.0. The van der Waals surface area contributed by atoms with Gasteiger partial charge in [0.15, 0.2) is 5.52 Å². The normalized spacial score (nSPS) is 12.4. The van der Waals surface area contributed by atoms with E-state index in [2.05, 4.69) is 15.6 Å². The van der Waals surface area contributed by atoms with Gasteiger partial charge in [-0.3, -0.25) is 14.2 Å². The Morgan fingerprint density at radius 3 is 2.18 bits per heavy atom. The maximum absolute atomic E-state index is 14.4. The zero-order valence-corrected chi connectivity index (χ0v) is 21.9. The van der Waals surface area contributed by atoms with Gasteiger partial charge in [0.25, 0.3) is 5.56 Å². The first-order chi connectivity index (χ1) is 18.2. The molecule has 0 radical (unpaired) electrons. The summed E-state index contributed by atoms with van der Waals surface area (Å²) in [5.41, 5.74) is 2.24. The smallest absolute Gasteiger partial charge is 0.280 e. The minimum absolute atomic E-state index is 0.274. The topological polar surface area (TPSA) is 99.8 Å². The van der Waals surface area contributed by atoms with E-state index in [0.717, 1.165) is 5.56 Å². The van der Waals surface area contributed by atoms with Crippen molar-refractivity contribution in [3.05, 3.63) is 88.7 Å². The van der Waals surface area contributed by atoms with Crippen molar-refractivity contribution in [2.45, 2.75) is 32.4 Å². The van der Waals surface area contributed by atoms with Crippen LogP contribution in [-0.4, -0.2) is 45.1 Å². The predicted octanol–water partition coefficient (Wildman–Crippen LogP) is 4.23. The van der Waals surface area contributed by atoms with E-state index in [1.807, 2.05) is 57.2 Å². The zero-order valence-electron chi connectivity index (χ0n) is 21.9. The number of carbonyl (C=O) groups excluding carboxylic acids is 1. The minimum Gasteiger partial charge on any atom is -0.497 e. The molecule has 1 atom stereocenters. The molecule has 5 aromatic rings. The Bertz CT molecular complexity index is 1680. The molecule has 0 aliphatic carbocycles. The molecule has 9 heteroatoms. The maximum atomic E-state index is 14.4. The molecule has 194 valence electrons. The predicted molar refractivity (Wildman–Crippen MR) is 146 cm³/mol. The van der Waals surface area contributed by atoms with Crippen LogP contribution in [0.15, 0.2) is 77.6 Å². The van der Waals surface area contributed by atoms with Crippen LogP contribution in [0.25, 0.3) is 27.8 Å². The summed E-state index contributed by atoms with van der Waals surface area (Å²) in [6.07, 6.45) is 0. The van der Waals surface area contributed by atoms with E-state index in [9.17, 15) is 9.59 Å². The monoisotopic (exact) mass is 511 g/mol. The van der Waals surface area contributed by atoms with Crippen LogP contribution in [0.1, 0.15) is 32.4 Å². The first-order valence-corrected chi connectivity index (χ1v) is 12.2. The van der Waals surface area contributed by atoms with Crippen LogP contribution in [-0.2, 0) is 4.79 Å². The SMILES string of the molecule is COc1ccc(C(C(=O)NC(C)(C)C)n2c(=O)c3c(-c4ccccc4)nnn3c3ccc(OC)cc32)cc1. The van der Waals surface area contributed by atoms with Crippen molar-refractivity contribution in [1.29, 1.82) is 0 Å². The lowest BCUT2D eigenvalue weighted by atomic mass is 10.0. The highest BCUT2D eigenvalue weighted by Gasteiger charge is 2.31. The number of nitrogens with zero attached hydrogens (tertiary/aromatic N) is 4. The molecule has 0 saturated carbocycles. The van der Waals surface area contributed by atoms with Gasteiger partial charge in [0.2, 0.25) is 5.91 Å². The summed E-state index contributed by atoms with van der Waals surface area (Å²) in [4.78, 5) is 28.3. The highest BCUT2D eigenvalue weighted by Crippen LogP contribution is 2.30. The van der Waals surface area contributed by atoms with Crippen LogP contribution in [0.4, 0.5) is 0 Å². The Morgan fingerprint density at radius 1 is 0.895 bits per heavy atom. The minimum atomic E-state index is -0.995. The summed E-state index contributed by atoms with van der Waals surface area (Å²) in [5, 5.41) is 11.8. The van der Waals surface area contributed by atoms with Crippen molar-refractivity contribution in [3.8, 4) is 22.8 Å². The number of hydrogen-bond donors (Lipinski definition) is 1. The highest BCUT2D eigenvalue weighted by molar-refractivity contribution is 5.90. The van der Waals surface area contributed by atoms with Crippen molar-refractivity contribution in [1.82, 2.24) is 24.7 Å². The quantitative estimate of drug-likeness (QED) is 0.366. The van der Waals surface area contributed by atoms with Gasteiger partial charge >= 0.3 is 0 Å². The largest absolute Gasteiger partial charge is 0.497 e. The van der Waals surface area contributed by atoms with Gasteiger partial charge in [-0.05, 0) is 50.6 Å². The van der Waals surface area contributed by atoms with Gasteiger partial charge in [0, 0.05) is 17.2 Å². The number of aromatic nitrogens is 4. The molecule has 0 aliphatic rings. The first kappa shape index (κ1) is 25.0. The molecule has 1 N–H and O–H groups in total. The summed E-state index contributed by atoms with van der Waals surface area (Å²) < 4.78 is 13.8. The molecule has 2 aromatic heterocycles. The average Bonchev–Trinajstić information content (AvgIpc) is 3.36. The van der Waals surface area contributed by atoms with Crippen LogP contribution in [0.3, 0.4) is 0 Å². The lowest BCUT2D eigenvalue weighted by molar-refractivity contribution is -0.124. The summed E-state index contributed by atoms with van der Waals surface area (Å²) in [6.45, 7) is 5.70. The molecule has 38 heavy (non-hydrogen) atoms. The number of methoxy groups -OCH3 is 2. The second-order valence-electron chi connectivity index (χ2n) is 10.0. The van der Waals surface area contributed by atoms with Crippen molar-refractivity contribution in [3.63, 3.8) is 0 Å². The Labute approximate surface area is 219 Å². The van der Waals surface area contributed by atoms with Gasteiger partial charge in [-0.25, -0.2) is 4.52 Å². The molecule has 5 rings (SSSR count). The number of benzene rings is 3. The van der Waals surface area contributed by atoms with Gasteiger partial charge < -0.3 is 14.8 Å². The van der Waals surface area contributed by atoms with Crippen LogP contribution in [0.2, 0.25) is 0 Å². The summed E-state index contributed by atoms with van der Waals surface area (Å²) in [5.74, 6) is 0.856. The van der Waals surface area contributed by atoms with Crippen LogP contribution in [0, 0.1) is 0 Å². The van der Waals surface area contributed by atoms with Gasteiger partial charge in [-0.1, -0.05) is 47.7 Å². The van der Waals surface area contributed by atoms with E-state index in [1.165, 1.54) is 9.08 Å². The third kappa shape index (κ3) is 4.47. The number of carbonyl (C=O) groups is 1. The molecule has 0 fully saturated rings. The lowest BCUT2D eigenvalue weighted by Crippen LogP contribution is -2.46. The fourth-order valence-electron chi connectivity index (χ4n) is 4.56. The van der Waals surface area contributed by atoms with Crippen molar-refractivity contribution in [2.75, 3.05) is 14.2 Å². The van der Waals surface area contributed by atoms with Crippen LogP contribution in [0.5, 0.6) is 11.5 Å². The molecule has 0 saturated heterocycles. The Hall–Kier alpha value is -4.66. The van der Waals surface area contributed by atoms with Crippen molar-refractivity contribution >= 4 is 22.5 Å². The maximum Gasteiger partial charge on any atom is 0.280 e. The number of amides is 1. The number of fused-ring (bicyclic) bond motifs is 3. The average molecular weight is 512 g/mol. The molecule has 1 amide bonds. The second kappa shape index (κ2) is 9.66. The molecule has 0 bridgehead atoms. The van der Waals surface area contributed by atoms with Crippen LogP contribution >= 0.6 is 0 Å². The van der Waals surface area contributed by atoms with Gasteiger partial charge in [0.05, 0.1) is 25.3 Å². The van der Waals surface area contributed by atoms with Gasteiger partial charge in [0.1, 0.15) is 23.2 Å². The molecule has 9 nitrogen and oxygen atoms in total. The Balaban J connectivity index is 1.89. The molecule has 3 aromatic carbocycles. The number of ether oxygens (including phenoxy) is 2. The summed E-state index contributed by atoms with van der Waals surface area (Å²) >= 11 is 0. The molecular formula is C29H29N5O4. The van der Waals surface area contributed by atoms with Gasteiger partial charge in [-0.15, -0.1) is 5.10 Å². The highest BCUT2D eigenvalue weighted by atomic mass is 16.5. The van der Waals surface area contributed by atoms with E-state index in [-0.39, 0.29) is 11.4 Å².